The molecule has 1 aliphatic rings. The van der Waals surface area contributed by atoms with Crippen LogP contribution in [0.2, 0.25) is 0 Å². The monoisotopic (exact) mass is 359 g/mol. The molecule has 1 fully saturated rings. The lowest BCUT2D eigenvalue weighted by Gasteiger charge is -2.52. The topological polar surface area (TPSA) is 82.5 Å². The quantitative estimate of drug-likeness (QED) is 0.869. The van der Waals surface area contributed by atoms with E-state index in [1.165, 1.54) is 11.0 Å². The van der Waals surface area contributed by atoms with Crippen LogP contribution in [-0.4, -0.2) is 46.1 Å². The number of carbonyl (C=O) groups is 2. The summed E-state index contributed by atoms with van der Waals surface area (Å²) in [6.45, 7) is 5.97. The van der Waals surface area contributed by atoms with Crippen LogP contribution in [0.5, 0.6) is 0 Å². The van der Waals surface area contributed by atoms with Crippen molar-refractivity contribution in [3.8, 4) is 0 Å². The standard InChI is InChI=1S/C16H20F3N3O3/c1-15(2,3)12-9(8-22(12)14(24)25)7-21-13(23)10-5-4-6-20-11(10)16(17,18)19/h4-6,9,12H,7-8H2,1-3H3,(H,21,23)(H,24,25). The number of nitrogens with zero attached hydrogens (tertiary/aromatic N) is 2. The van der Waals surface area contributed by atoms with E-state index in [0.29, 0.717) is 0 Å². The van der Waals surface area contributed by atoms with Gasteiger partial charge in [0.1, 0.15) is 0 Å². The van der Waals surface area contributed by atoms with Gasteiger partial charge in [0.05, 0.1) is 5.56 Å². The summed E-state index contributed by atoms with van der Waals surface area (Å²) in [5, 5.41) is 11.6. The van der Waals surface area contributed by atoms with Crippen molar-refractivity contribution in [3.63, 3.8) is 0 Å². The van der Waals surface area contributed by atoms with Gasteiger partial charge in [0.25, 0.3) is 5.91 Å². The van der Waals surface area contributed by atoms with Gasteiger partial charge in [-0.3, -0.25) is 9.78 Å². The molecule has 2 heterocycles. The Morgan fingerprint density at radius 3 is 2.52 bits per heavy atom. The van der Waals surface area contributed by atoms with Gasteiger partial charge >= 0.3 is 12.3 Å². The molecule has 0 saturated carbocycles. The third kappa shape index (κ3) is 4.02. The van der Waals surface area contributed by atoms with Crippen molar-refractivity contribution < 1.29 is 27.9 Å². The first-order chi connectivity index (χ1) is 11.4. The number of hydrogen-bond donors (Lipinski definition) is 2. The second-order valence-electron chi connectivity index (χ2n) is 7.11. The maximum absolute atomic E-state index is 12.9. The van der Waals surface area contributed by atoms with E-state index in [4.69, 9.17) is 0 Å². The Balaban J connectivity index is 2.08. The molecule has 25 heavy (non-hydrogen) atoms. The Bertz CT molecular complexity index is 671. The van der Waals surface area contributed by atoms with Crippen molar-refractivity contribution in [1.82, 2.24) is 15.2 Å². The van der Waals surface area contributed by atoms with Crippen LogP contribution in [0.25, 0.3) is 0 Å². The minimum Gasteiger partial charge on any atom is -0.465 e. The van der Waals surface area contributed by atoms with E-state index in [1.807, 2.05) is 20.8 Å². The van der Waals surface area contributed by atoms with Crippen molar-refractivity contribution in [3.05, 3.63) is 29.6 Å². The number of hydrogen-bond acceptors (Lipinski definition) is 3. The van der Waals surface area contributed by atoms with E-state index in [9.17, 15) is 27.9 Å². The fourth-order valence-electron chi connectivity index (χ4n) is 3.26. The number of pyridine rings is 1. The van der Waals surface area contributed by atoms with Gasteiger partial charge in [-0.25, -0.2) is 4.79 Å². The smallest absolute Gasteiger partial charge is 0.434 e. The van der Waals surface area contributed by atoms with E-state index in [2.05, 4.69) is 10.3 Å². The van der Waals surface area contributed by atoms with E-state index >= 15 is 0 Å². The molecule has 0 aliphatic carbocycles. The number of likely N-dealkylation sites (tertiary alicyclic amines) is 1. The molecule has 1 aliphatic heterocycles. The highest BCUT2D eigenvalue weighted by Crippen LogP contribution is 2.38. The summed E-state index contributed by atoms with van der Waals surface area (Å²) >= 11 is 0. The van der Waals surface area contributed by atoms with Crippen LogP contribution < -0.4 is 5.32 Å². The van der Waals surface area contributed by atoms with Gasteiger partial charge in [-0.2, -0.15) is 13.2 Å². The minimum absolute atomic E-state index is 0.0940. The van der Waals surface area contributed by atoms with Gasteiger partial charge in [-0.15, -0.1) is 0 Å². The molecule has 2 amide bonds. The zero-order chi connectivity index (χ0) is 19.0. The molecule has 0 bridgehead atoms. The Kier molecular flexibility index (Phi) is 4.97. The van der Waals surface area contributed by atoms with Crippen molar-refractivity contribution in [2.45, 2.75) is 33.0 Å². The molecule has 0 spiro atoms. The Labute approximate surface area is 143 Å². The SMILES string of the molecule is CC(C)(C)C1C(CNC(=O)c2cccnc2C(F)(F)F)CN1C(=O)O. The average Bonchev–Trinajstić information content (AvgIpc) is 2.42. The number of carboxylic acid groups (broad SMARTS) is 1. The van der Waals surface area contributed by atoms with E-state index in [0.717, 1.165) is 12.3 Å². The Morgan fingerprint density at radius 1 is 1.36 bits per heavy atom. The zero-order valence-corrected chi connectivity index (χ0v) is 14.1. The minimum atomic E-state index is -4.72. The number of amides is 2. The molecular weight excluding hydrogens is 339 g/mol. The lowest BCUT2D eigenvalue weighted by Crippen LogP contribution is -2.65. The van der Waals surface area contributed by atoms with Crippen molar-refractivity contribution in [2.75, 3.05) is 13.1 Å². The van der Waals surface area contributed by atoms with Crippen molar-refractivity contribution in [1.29, 1.82) is 0 Å². The third-order valence-corrected chi connectivity index (χ3v) is 4.19. The fraction of sp³-hybridized carbons (Fsp3) is 0.562. The highest BCUT2D eigenvalue weighted by molar-refractivity contribution is 5.95. The van der Waals surface area contributed by atoms with E-state index < -0.39 is 29.4 Å². The van der Waals surface area contributed by atoms with E-state index in [-0.39, 0.29) is 30.5 Å². The first-order valence-electron chi connectivity index (χ1n) is 7.73. The highest BCUT2D eigenvalue weighted by atomic mass is 19.4. The molecule has 2 rings (SSSR count). The summed E-state index contributed by atoms with van der Waals surface area (Å²) in [5.74, 6) is -1.03. The lowest BCUT2D eigenvalue weighted by atomic mass is 9.72. The molecule has 0 aromatic carbocycles. The van der Waals surface area contributed by atoms with Crippen molar-refractivity contribution >= 4 is 12.0 Å². The second-order valence-corrected chi connectivity index (χ2v) is 7.11. The second kappa shape index (κ2) is 6.53. The summed E-state index contributed by atoms with van der Waals surface area (Å²) in [7, 11) is 0. The first-order valence-corrected chi connectivity index (χ1v) is 7.73. The van der Waals surface area contributed by atoms with Crippen LogP contribution in [0, 0.1) is 11.3 Å². The van der Waals surface area contributed by atoms with E-state index in [1.54, 1.807) is 0 Å². The van der Waals surface area contributed by atoms with Crippen LogP contribution in [0.15, 0.2) is 18.3 Å². The number of rotatable bonds is 3. The molecule has 138 valence electrons. The van der Waals surface area contributed by atoms with Crippen LogP contribution in [0.1, 0.15) is 36.8 Å². The van der Waals surface area contributed by atoms with Crippen LogP contribution in [0.3, 0.4) is 0 Å². The summed E-state index contributed by atoms with van der Waals surface area (Å²) < 4.78 is 38.8. The van der Waals surface area contributed by atoms with Crippen LogP contribution in [-0.2, 0) is 6.18 Å². The fourth-order valence-corrected chi connectivity index (χ4v) is 3.26. The molecule has 9 heteroatoms. The molecule has 1 aromatic rings. The molecule has 1 aromatic heterocycles. The average molecular weight is 359 g/mol. The third-order valence-electron chi connectivity index (χ3n) is 4.19. The van der Waals surface area contributed by atoms with Gasteiger partial charge in [-0.1, -0.05) is 20.8 Å². The maximum Gasteiger partial charge on any atom is 0.434 e. The largest absolute Gasteiger partial charge is 0.465 e. The Morgan fingerprint density at radius 2 is 2.00 bits per heavy atom. The molecule has 1 saturated heterocycles. The summed E-state index contributed by atoms with van der Waals surface area (Å²) in [6.07, 6.45) is -4.79. The van der Waals surface area contributed by atoms with Gasteiger partial charge < -0.3 is 15.3 Å². The predicted octanol–water partition coefficient (Wildman–Crippen LogP) is 2.85. The molecular formula is C16H20F3N3O3. The Hall–Kier alpha value is -2.32. The van der Waals surface area contributed by atoms with Gasteiger partial charge in [0, 0.05) is 31.2 Å². The number of nitrogens with one attached hydrogen (secondary N) is 1. The van der Waals surface area contributed by atoms with Gasteiger partial charge in [-0.05, 0) is 17.5 Å². The van der Waals surface area contributed by atoms with Gasteiger partial charge in [0.15, 0.2) is 5.69 Å². The molecule has 2 N–H and O–H groups in total. The number of aromatic nitrogens is 1. The number of carbonyl (C=O) groups excluding carboxylic acids is 1. The van der Waals surface area contributed by atoms with Crippen LogP contribution in [0.4, 0.5) is 18.0 Å². The number of alkyl halides is 3. The van der Waals surface area contributed by atoms with Gasteiger partial charge in [0.2, 0.25) is 0 Å². The first kappa shape index (κ1) is 19.0. The summed E-state index contributed by atoms with van der Waals surface area (Å²) in [4.78, 5) is 27.9. The predicted molar refractivity (Wildman–Crippen MR) is 83.0 cm³/mol. The molecule has 0 radical (unpaired) electrons. The van der Waals surface area contributed by atoms with Crippen LogP contribution >= 0.6 is 0 Å². The zero-order valence-electron chi connectivity index (χ0n) is 14.1. The summed E-state index contributed by atoms with van der Waals surface area (Å²) in [6, 6.07) is 2.01. The summed E-state index contributed by atoms with van der Waals surface area (Å²) in [5.41, 5.74) is -2.13. The molecule has 2 unspecified atom stereocenters. The normalized spacial score (nSPS) is 20.8. The molecule has 2 atom stereocenters. The lowest BCUT2D eigenvalue weighted by molar-refractivity contribution is -0.141. The highest BCUT2D eigenvalue weighted by Gasteiger charge is 2.48. The number of halogens is 3. The molecule has 6 nitrogen and oxygen atoms in total. The van der Waals surface area contributed by atoms with Crippen molar-refractivity contribution in [2.24, 2.45) is 11.3 Å². The maximum atomic E-state index is 12.9.